The molecule has 0 N–H and O–H groups in total. The van der Waals surface area contributed by atoms with Crippen molar-refractivity contribution >= 4 is 44.6 Å². The summed E-state index contributed by atoms with van der Waals surface area (Å²) in [4.78, 5) is 9.18. The van der Waals surface area contributed by atoms with Crippen LogP contribution in [-0.4, -0.2) is 9.55 Å². The summed E-state index contributed by atoms with van der Waals surface area (Å²) < 4.78 is 86.7. The topological polar surface area (TPSA) is 33.5 Å². The van der Waals surface area contributed by atoms with Crippen LogP contribution in [0.5, 0.6) is 11.5 Å². The zero-order valence-corrected chi connectivity index (χ0v) is 46.7. The van der Waals surface area contributed by atoms with E-state index in [1.54, 1.807) is 34.9 Å². The van der Waals surface area contributed by atoms with E-state index in [9.17, 15) is 2.74 Å². The first kappa shape index (κ1) is 42.0. The normalized spacial score (nSPS) is 15.1. The molecule has 0 spiro atoms. The largest absolute Gasteiger partial charge is 0.509 e. The molecule has 76 heavy (non-hydrogen) atoms. The molecule has 6 heteroatoms. The van der Waals surface area contributed by atoms with Gasteiger partial charge in [0.2, 0.25) is 0 Å². The zero-order valence-electron chi connectivity index (χ0n) is 53.5. The van der Waals surface area contributed by atoms with E-state index in [0.29, 0.717) is 33.8 Å². The van der Waals surface area contributed by atoms with Crippen LogP contribution in [0.3, 0.4) is 0 Å². The second-order valence-corrected chi connectivity index (χ2v) is 22.7. The van der Waals surface area contributed by atoms with Crippen molar-refractivity contribution in [3.63, 3.8) is 0 Å². The maximum absolute atomic E-state index is 9.84. The summed E-state index contributed by atoms with van der Waals surface area (Å²) in [7, 11) is 0. The number of anilines is 4. The molecule has 11 rings (SSSR count). The summed E-state index contributed by atoms with van der Waals surface area (Å²) in [6.45, 7) is 16.0. The first-order valence-electron chi connectivity index (χ1n) is 30.2. The molecule has 0 saturated carbocycles. The first-order valence-corrected chi connectivity index (χ1v) is 25.7. The fraction of sp³-hybridized carbons (Fsp3) is 0.229. The maximum atomic E-state index is 9.84. The van der Waals surface area contributed by atoms with Gasteiger partial charge in [-0.25, -0.2) is 4.98 Å². The van der Waals surface area contributed by atoms with Crippen LogP contribution in [0.15, 0.2) is 182 Å². The van der Waals surface area contributed by atoms with E-state index in [2.05, 4.69) is 170 Å². The van der Waals surface area contributed by atoms with Crippen LogP contribution >= 0.6 is 0 Å². The number of nitrogens with zero attached hydrogens (tertiary/aromatic N) is 4. The predicted molar refractivity (Wildman–Crippen MR) is 315 cm³/mol. The minimum Gasteiger partial charge on any atom is -0.509 e. The standard InChI is InChI=1S/C70H67N4O.Pt/c1-46(2)35-49-38-66(71-44-61(49)48-25-16-13-17-26-48)74-62-30-19-18-29-57(62)58-34-33-56(43-65(58)74)75-55-28-22-27-54(42-55)72-45-73(64-32-21-20-31-63(64)72)67-59(47-23-14-12-15-24-47)40-53(70(9,10)11)41-60(67)50-36-51(68(3,4)5)39-52(37-50)69(6,7)8;/h12-34,36-41,44-46H,35H2,1-11H3;/q-3;/i1D3,2D3,38D,44D,46D;. The minimum atomic E-state index is -3.29. The second-order valence-electron chi connectivity index (χ2n) is 22.7. The molecule has 2 aromatic heterocycles. The van der Waals surface area contributed by atoms with Crippen LogP contribution in [0.25, 0.3) is 61.0 Å². The second kappa shape index (κ2) is 20.4. The molecule has 0 atom stereocenters. The fourth-order valence-corrected chi connectivity index (χ4v) is 10.1. The van der Waals surface area contributed by atoms with Crippen LogP contribution in [0.1, 0.15) is 111 Å². The quantitative estimate of drug-likeness (QED) is 0.128. The molecule has 0 unspecified atom stereocenters. The first-order chi connectivity index (χ1) is 39.5. The number of hydrogen-bond donors (Lipinski definition) is 0. The Bertz CT molecular complexity index is 4110. The van der Waals surface area contributed by atoms with Gasteiger partial charge in [-0.15, -0.1) is 48.1 Å². The Morgan fingerprint density at radius 1 is 0.579 bits per heavy atom. The van der Waals surface area contributed by atoms with Crippen molar-refractivity contribution in [1.29, 1.82) is 0 Å². The molecule has 1 aliphatic rings. The van der Waals surface area contributed by atoms with Crippen LogP contribution in [0.4, 0.5) is 22.7 Å². The Labute approximate surface area is 478 Å². The van der Waals surface area contributed by atoms with Crippen molar-refractivity contribution in [2.45, 2.75) is 98.7 Å². The summed E-state index contributed by atoms with van der Waals surface area (Å²) in [5, 5.41) is 1.51. The van der Waals surface area contributed by atoms with E-state index in [1.165, 1.54) is 16.7 Å². The zero-order chi connectivity index (χ0) is 60.1. The molecular weight excluding hydrogens is 1110 g/mol. The van der Waals surface area contributed by atoms with E-state index < -0.39 is 26.0 Å². The maximum Gasteiger partial charge on any atom is 0.135 e. The van der Waals surface area contributed by atoms with Crippen molar-refractivity contribution < 1.29 is 38.1 Å². The van der Waals surface area contributed by atoms with Gasteiger partial charge in [0, 0.05) is 87.6 Å². The molecule has 0 saturated heterocycles. The van der Waals surface area contributed by atoms with Crippen molar-refractivity contribution in [2.24, 2.45) is 5.89 Å². The predicted octanol–water partition coefficient (Wildman–Crippen LogP) is 19.1. The Morgan fingerprint density at radius 3 is 1.79 bits per heavy atom. The Morgan fingerprint density at radius 2 is 1.14 bits per heavy atom. The number of fused-ring (bicyclic) bond motifs is 4. The number of ether oxygens (including phenoxy) is 1. The Kier molecular flexibility index (Phi) is 11.3. The van der Waals surface area contributed by atoms with Gasteiger partial charge in [0.15, 0.2) is 0 Å². The van der Waals surface area contributed by atoms with E-state index in [1.807, 2.05) is 60.7 Å². The summed E-state index contributed by atoms with van der Waals surface area (Å²) in [5.74, 6) is -2.38. The van der Waals surface area contributed by atoms with Crippen molar-refractivity contribution in [3.05, 3.63) is 223 Å². The van der Waals surface area contributed by atoms with Crippen molar-refractivity contribution in [1.82, 2.24) is 9.55 Å². The number of pyridine rings is 1. The van der Waals surface area contributed by atoms with Crippen molar-refractivity contribution in [3.8, 4) is 50.7 Å². The average molecular weight is 1180 g/mol. The summed E-state index contributed by atoms with van der Waals surface area (Å²) >= 11 is 0. The van der Waals surface area contributed by atoms with E-state index in [4.69, 9.17) is 19.3 Å². The van der Waals surface area contributed by atoms with E-state index >= 15 is 0 Å². The molecular formula is C70H67N4OPt-3. The third-order valence-electron chi connectivity index (χ3n) is 14.2. The Hall–Kier alpha value is -7.20. The van der Waals surface area contributed by atoms with E-state index in [-0.39, 0.29) is 66.5 Å². The number of rotatable bonds is 10. The van der Waals surface area contributed by atoms with Crippen molar-refractivity contribution in [2.75, 3.05) is 9.80 Å². The van der Waals surface area contributed by atoms with Gasteiger partial charge in [0.25, 0.3) is 0 Å². The van der Waals surface area contributed by atoms with Gasteiger partial charge >= 0.3 is 0 Å². The third-order valence-corrected chi connectivity index (χ3v) is 14.2. The molecule has 0 bridgehead atoms. The molecule has 0 amide bonds. The van der Waals surface area contributed by atoms with Crippen LogP contribution in [0.2, 0.25) is 0 Å². The van der Waals surface area contributed by atoms with Crippen LogP contribution in [0, 0.1) is 24.7 Å². The number of hydrogen-bond acceptors (Lipinski definition) is 4. The van der Waals surface area contributed by atoms with Gasteiger partial charge in [-0.3, -0.25) is 0 Å². The van der Waals surface area contributed by atoms with E-state index in [0.717, 1.165) is 50.1 Å². The molecule has 0 fully saturated rings. The van der Waals surface area contributed by atoms with Gasteiger partial charge in [0.05, 0.1) is 2.74 Å². The number of aromatic nitrogens is 2. The molecule has 5 nitrogen and oxygen atoms in total. The minimum absolute atomic E-state index is 0. The summed E-state index contributed by atoms with van der Waals surface area (Å²) in [5.41, 5.74) is 12.9. The smallest absolute Gasteiger partial charge is 0.135 e. The molecule has 0 radical (unpaired) electrons. The van der Waals surface area contributed by atoms with Crippen LogP contribution in [-0.2, 0) is 43.7 Å². The molecule has 8 aromatic carbocycles. The van der Waals surface area contributed by atoms with Crippen LogP contribution < -0.4 is 14.5 Å². The SMILES string of the molecule is [2H]c1nc(-n2c3[c-]c(Oc4[c-]c(N5[CH-]N(c6c(-c7ccccc7)cc(C(C)(C)C)cc6-c6cc(C(C)(C)C)cc(C(C)(C)C)c6)c6ccccc65)ccc4)ccc3c3ccccc32)c([2H])c(CC([2H])(C([2H])([2H])[2H])C([2H])([2H])[2H])c1-c1ccccc1.[Pt]. The third kappa shape index (κ3) is 10.1. The molecule has 0 aliphatic carbocycles. The molecule has 10 aromatic rings. The average Bonchev–Trinajstić information content (AvgIpc) is 1.90. The summed E-state index contributed by atoms with van der Waals surface area (Å²) in [6.07, 6.45) is -1.20. The molecule has 1 aliphatic heterocycles. The fourth-order valence-electron chi connectivity index (χ4n) is 10.1. The van der Waals surface area contributed by atoms with Gasteiger partial charge in [-0.2, -0.15) is 12.1 Å². The summed E-state index contributed by atoms with van der Waals surface area (Å²) in [6, 6.07) is 63.1. The van der Waals surface area contributed by atoms with Gasteiger partial charge in [-0.05, 0) is 109 Å². The molecule has 3 heterocycles. The monoisotopic (exact) mass is 1180 g/mol. The van der Waals surface area contributed by atoms with Gasteiger partial charge < -0.3 is 19.1 Å². The van der Waals surface area contributed by atoms with Gasteiger partial charge in [-0.1, -0.05) is 191 Å². The van der Waals surface area contributed by atoms with Gasteiger partial charge in [0.1, 0.15) is 5.82 Å². The number of para-hydroxylation sites is 3. The molecule has 386 valence electrons. The number of benzene rings is 8. The Balaban J connectivity index is 0.00000803.